The minimum atomic E-state index is 0.240. The molecule has 0 saturated heterocycles. The smallest absolute Gasteiger partial charge is 0.150 e. The highest BCUT2D eigenvalue weighted by molar-refractivity contribution is 4.78. The molecule has 1 rings (SSSR count). The minimum absolute atomic E-state index is 0.240. The van der Waals surface area contributed by atoms with Crippen LogP contribution in [0.5, 0.6) is 0 Å². The highest BCUT2D eigenvalue weighted by Gasteiger charge is 2.01. The van der Waals surface area contributed by atoms with Gasteiger partial charge in [0, 0.05) is 19.6 Å². The normalized spacial score (nSPS) is 10.5. The van der Waals surface area contributed by atoms with Gasteiger partial charge in [0.25, 0.3) is 0 Å². The Balaban J connectivity index is 2.39. The standard InChI is InChI=1S/C7H14N4O/c1-2-7-8-9-10-11(7)5-3-4-6-12/h12H,2-6H2,1H3. The molecule has 0 saturated carbocycles. The summed E-state index contributed by atoms with van der Waals surface area (Å²) in [6.45, 7) is 3.06. The number of nitrogens with zero attached hydrogens (tertiary/aromatic N) is 4. The lowest BCUT2D eigenvalue weighted by molar-refractivity contribution is 0.279. The fraction of sp³-hybridized carbons (Fsp3) is 0.857. The number of unbranched alkanes of at least 4 members (excludes halogenated alkanes) is 1. The number of rotatable bonds is 5. The molecule has 0 aliphatic heterocycles. The van der Waals surface area contributed by atoms with Gasteiger partial charge >= 0.3 is 0 Å². The van der Waals surface area contributed by atoms with Crippen molar-refractivity contribution in [2.75, 3.05) is 6.61 Å². The van der Waals surface area contributed by atoms with Gasteiger partial charge < -0.3 is 5.11 Å². The molecule has 5 heteroatoms. The van der Waals surface area contributed by atoms with Gasteiger partial charge in [-0.1, -0.05) is 6.92 Å². The van der Waals surface area contributed by atoms with Crippen molar-refractivity contribution in [1.29, 1.82) is 0 Å². The third-order valence-corrected chi connectivity index (χ3v) is 1.70. The zero-order valence-electron chi connectivity index (χ0n) is 7.27. The van der Waals surface area contributed by atoms with Gasteiger partial charge in [0.15, 0.2) is 5.82 Å². The zero-order chi connectivity index (χ0) is 8.81. The zero-order valence-corrected chi connectivity index (χ0v) is 7.27. The molecule has 0 atom stereocenters. The van der Waals surface area contributed by atoms with Crippen LogP contribution in [0.15, 0.2) is 0 Å². The summed E-state index contributed by atoms with van der Waals surface area (Å²) in [5.41, 5.74) is 0. The third kappa shape index (κ3) is 2.27. The van der Waals surface area contributed by atoms with Gasteiger partial charge in [0.2, 0.25) is 0 Å². The maximum Gasteiger partial charge on any atom is 0.150 e. The van der Waals surface area contributed by atoms with E-state index in [9.17, 15) is 0 Å². The topological polar surface area (TPSA) is 63.8 Å². The van der Waals surface area contributed by atoms with E-state index in [4.69, 9.17) is 5.11 Å². The molecule has 0 unspecified atom stereocenters. The first kappa shape index (κ1) is 9.12. The average molecular weight is 170 g/mol. The Kier molecular flexibility index (Phi) is 3.66. The first-order valence-corrected chi connectivity index (χ1v) is 4.24. The lowest BCUT2D eigenvalue weighted by Gasteiger charge is -2.00. The lowest BCUT2D eigenvalue weighted by atomic mass is 10.3. The predicted molar refractivity (Wildman–Crippen MR) is 43.5 cm³/mol. The Bertz CT molecular complexity index is 223. The summed E-state index contributed by atoms with van der Waals surface area (Å²) >= 11 is 0. The van der Waals surface area contributed by atoms with Crippen molar-refractivity contribution in [1.82, 2.24) is 20.2 Å². The van der Waals surface area contributed by atoms with E-state index >= 15 is 0 Å². The quantitative estimate of drug-likeness (QED) is 0.632. The highest BCUT2D eigenvalue weighted by atomic mass is 16.2. The number of tetrazole rings is 1. The molecule has 0 aliphatic rings. The molecule has 12 heavy (non-hydrogen) atoms. The van der Waals surface area contributed by atoms with Crippen LogP contribution in [0.4, 0.5) is 0 Å². The van der Waals surface area contributed by atoms with Gasteiger partial charge in [-0.3, -0.25) is 0 Å². The Morgan fingerprint density at radius 3 is 2.92 bits per heavy atom. The molecule has 0 amide bonds. The van der Waals surface area contributed by atoms with Crippen molar-refractivity contribution in [2.24, 2.45) is 0 Å². The summed E-state index contributed by atoms with van der Waals surface area (Å²) in [6, 6.07) is 0. The van der Waals surface area contributed by atoms with Gasteiger partial charge in [-0.15, -0.1) is 5.10 Å². The van der Waals surface area contributed by atoms with E-state index in [0.29, 0.717) is 0 Å². The van der Waals surface area contributed by atoms with Crippen LogP contribution in [0.1, 0.15) is 25.6 Å². The van der Waals surface area contributed by atoms with E-state index in [2.05, 4.69) is 15.5 Å². The van der Waals surface area contributed by atoms with E-state index < -0.39 is 0 Å². The third-order valence-electron chi connectivity index (χ3n) is 1.70. The van der Waals surface area contributed by atoms with Gasteiger partial charge in [0.05, 0.1) is 0 Å². The van der Waals surface area contributed by atoms with Crippen LogP contribution in [-0.4, -0.2) is 31.9 Å². The number of aryl methyl sites for hydroxylation is 2. The summed E-state index contributed by atoms with van der Waals surface area (Å²) in [4.78, 5) is 0. The van der Waals surface area contributed by atoms with E-state index in [1.54, 1.807) is 4.68 Å². The number of aromatic nitrogens is 4. The number of aliphatic hydroxyl groups excluding tert-OH is 1. The molecule has 0 bridgehead atoms. The number of hydrogen-bond donors (Lipinski definition) is 1. The summed E-state index contributed by atoms with van der Waals surface area (Å²) < 4.78 is 1.79. The predicted octanol–water partition coefficient (Wildman–Crippen LogP) is 0.00800. The molecule has 0 aliphatic carbocycles. The van der Waals surface area contributed by atoms with E-state index in [0.717, 1.165) is 31.6 Å². The molecule has 0 aromatic carbocycles. The fourth-order valence-electron chi connectivity index (χ4n) is 1.02. The summed E-state index contributed by atoms with van der Waals surface area (Å²) in [5.74, 6) is 0.910. The van der Waals surface area contributed by atoms with Crippen LogP contribution < -0.4 is 0 Å². The second-order valence-corrected chi connectivity index (χ2v) is 2.60. The van der Waals surface area contributed by atoms with Gasteiger partial charge in [-0.25, -0.2) is 4.68 Å². The minimum Gasteiger partial charge on any atom is -0.396 e. The highest BCUT2D eigenvalue weighted by Crippen LogP contribution is 1.96. The first-order valence-electron chi connectivity index (χ1n) is 4.24. The second kappa shape index (κ2) is 4.82. The lowest BCUT2D eigenvalue weighted by Crippen LogP contribution is -2.05. The maximum absolute atomic E-state index is 8.56. The molecule has 68 valence electrons. The molecule has 1 aromatic rings. The van der Waals surface area contributed by atoms with Crippen LogP contribution in [0.3, 0.4) is 0 Å². The Morgan fingerprint density at radius 2 is 2.25 bits per heavy atom. The first-order chi connectivity index (χ1) is 5.88. The number of hydrogen-bond acceptors (Lipinski definition) is 4. The van der Waals surface area contributed by atoms with Gasteiger partial charge in [-0.05, 0) is 23.3 Å². The van der Waals surface area contributed by atoms with Crippen molar-refractivity contribution < 1.29 is 5.11 Å². The molecule has 5 nitrogen and oxygen atoms in total. The van der Waals surface area contributed by atoms with Gasteiger partial charge in [-0.2, -0.15) is 0 Å². The van der Waals surface area contributed by atoms with Crippen molar-refractivity contribution in [3.8, 4) is 0 Å². The molecule has 0 spiro atoms. The fourth-order valence-corrected chi connectivity index (χ4v) is 1.02. The Labute approximate surface area is 71.4 Å². The van der Waals surface area contributed by atoms with E-state index in [-0.39, 0.29) is 6.61 Å². The Morgan fingerprint density at radius 1 is 1.42 bits per heavy atom. The second-order valence-electron chi connectivity index (χ2n) is 2.60. The molecule has 1 N–H and O–H groups in total. The van der Waals surface area contributed by atoms with E-state index in [1.165, 1.54) is 0 Å². The maximum atomic E-state index is 8.56. The largest absolute Gasteiger partial charge is 0.396 e. The Hall–Kier alpha value is -0.970. The van der Waals surface area contributed by atoms with Crippen LogP contribution in [0, 0.1) is 0 Å². The van der Waals surface area contributed by atoms with Crippen molar-refractivity contribution >= 4 is 0 Å². The van der Waals surface area contributed by atoms with Crippen LogP contribution >= 0.6 is 0 Å². The van der Waals surface area contributed by atoms with Crippen molar-refractivity contribution in [3.05, 3.63) is 5.82 Å². The van der Waals surface area contributed by atoms with Crippen LogP contribution in [0.25, 0.3) is 0 Å². The molecule has 1 aromatic heterocycles. The molecule has 1 heterocycles. The molecular weight excluding hydrogens is 156 g/mol. The monoisotopic (exact) mass is 170 g/mol. The van der Waals surface area contributed by atoms with E-state index in [1.807, 2.05) is 6.92 Å². The van der Waals surface area contributed by atoms with Crippen LogP contribution in [-0.2, 0) is 13.0 Å². The average Bonchev–Trinajstić information content (AvgIpc) is 2.52. The molecular formula is C7H14N4O. The molecule has 0 radical (unpaired) electrons. The van der Waals surface area contributed by atoms with Gasteiger partial charge in [0.1, 0.15) is 0 Å². The summed E-state index contributed by atoms with van der Waals surface area (Å²) in [6.07, 6.45) is 2.59. The summed E-state index contributed by atoms with van der Waals surface area (Å²) in [5, 5.41) is 19.8. The van der Waals surface area contributed by atoms with Crippen molar-refractivity contribution in [2.45, 2.75) is 32.7 Å². The van der Waals surface area contributed by atoms with Crippen molar-refractivity contribution in [3.63, 3.8) is 0 Å². The number of aliphatic hydroxyl groups is 1. The molecule has 0 fully saturated rings. The van der Waals surface area contributed by atoms with Crippen LogP contribution in [0.2, 0.25) is 0 Å². The summed E-state index contributed by atoms with van der Waals surface area (Å²) in [7, 11) is 0. The SMILES string of the molecule is CCc1nnnn1CCCCO.